The molecule has 0 radical (unpaired) electrons. The van der Waals surface area contributed by atoms with E-state index in [1.165, 1.54) is 5.57 Å². The second-order valence-electron chi connectivity index (χ2n) is 8.36. The van der Waals surface area contributed by atoms with E-state index in [4.69, 9.17) is 16.7 Å². The van der Waals surface area contributed by atoms with Crippen LogP contribution in [0.2, 0.25) is 5.02 Å². The van der Waals surface area contributed by atoms with Crippen molar-refractivity contribution in [2.45, 2.75) is 25.3 Å². The van der Waals surface area contributed by atoms with Crippen LogP contribution in [0.1, 0.15) is 46.8 Å². The summed E-state index contributed by atoms with van der Waals surface area (Å²) in [6, 6.07) is 23.4. The Kier molecular flexibility index (Phi) is 6.55. The number of allylic oxidation sites excluding steroid dienone is 1. The van der Waals surface area contributed by atoms with Gasteiger partial charge in [0.2, 0.25) is 0 Å². The molecule has 2 atom stereocenters. The summed E-state index contributed by atoms with van der Waals surface area (Å²) in [6.07, 6.45) is 5.25. The number of fused-ring (bicyclic) bond motifs is 1. The average Bonchev–Trinajstić information content (AvgIpc) is 3.22. The molecule has 0 bridgehead atoms. The van der Waals surface area contributed by atoms with Gasteiger partial charge in [-0.2, -0.15) is 5.10 Å². The lowest BCUT2D eigenvalue weighted by molar-refractivity contribution is 0.0681. The molecule has 2 aliphatic rings. The Hall–Kier alpha value is -2.21. The molecular formula is C27H21Br2ClN2O. The second-order valence-corrected chi connectivity index (χ2v) is 10.6. The predicted octanol–water partition coefficient (Wildman–Crippen LogP) is 8.30. The number of nitrogens with zero attached hydrogens (tertiary/aromatic N) is 2. The highest BCUT2D eigenvalue weighted by atomic mass is 79.9. The Bertz CT molecular complexity index is 1230. The van der Waals surface area contributed by atoms with Crippen LogP contribution in [-0.4, -0.2) is 16.6 Å². The zero-order chi connectivity index (χ0) is 22.9. The van der Waals surface area contributed by atoms with Gasteiger partial charge in [-0.25, -0.2) is 5.01 Å². The van der Waals surface area contributed by atoms with Gasteiger partial charge in [0.25, 0.3) is 5.91 Å². The fraction of sp³-hybridized carbons (Fsp3) is 0.185. The second kappa shape index (κ2) is 9.57. The van der Waals surface area contributed by atoms with E-state index in [1.54, 1.807) is 29.3 Å². The van der Waals surface area contributed by atoms with Gasteiger partial charge in [0, 0.05) is 25.4 Å². The Morgan fingerprint density at radius 3 is 2.24 bits per heavy atom. The summed E-state index contributed by atoms with van der Waals surface area (Å²) in [5.41, 5.74) is 5.05. The molecule has 3 aromatic carbocycles. The molecule has 3 aromatic rings. The van der Waals surface area contributed by atoms with Gasteiger partial charge < -0.3 is 0 Å². The first kappa shape index (κ1) is 22.6. The third-order valence-electron chi connectivity index (χ3n) is 6.22. The summed E-state index contributed by atoms with van der Waals surface area (Å²) in [5, 5.41) is 7.26. The molecular weight excluding hydrogens is 564 g/mol. The molecule has 1 amide bonds. The van der Waals surface area contributed by atoms with E-state index in [-0.39, 0.29) is 17.9 Å². The summed E-state index contributed by atoms with van der Waals surface area (Å²) >= 11 is 13.1. The van der Waals surface area contributed by atoms with Crippen molar-refractivity contribution in [1.29, 1.82) is 0 Å². The zero-order valence-corrected chi connectivity index (χ0v) is 21.6. The molecule has 6 heteroatoms. The molecule has 166 valence electrons. The summed E-state index contributed by atoms with van der Waals surface area (Å²) in [7, 11) is 0. The van der Waals surface area contributed by atoms with Crippen molar-refractivity contribution in [3.8, 4) is 0 Å². The van der Waals surface area contributed by atoms with Gasteiger partial charge in [-0.3, -0.25) is 4.79 Å². The normalized spacial score (nSPS) is 21.1. The molecule has 1 fully saturated rings. The number of benzene rings is 3. The van der Waals surface area contributed by atoms with Crippen molar-refractivity contribution >= 4 is 61.2 Å². The van der Waals surface area contributed by atoms with Crippen LogP contribution in [0.4, 0.5) is 0 Å². The summed E-state index contributed by atoms with van der Waals surface area (Å²) in [6.45, 7) is 0. The lowest BCUT2D eigenvalue weighted by Crippen LogP contribution is -2.31. The van der Waals surface area contributed by atoms with Crippen LogP contribution in [0, 0.1) is 5.92 Å². The first-order valence-electron chi connectivity index (χ1n) is 10.9. The number of hydrogen-bond acceptors (Lipinski definition) is 2. The Morgan fingerprint density at radius 2 is 1.58 bits per heavy atom. The van der Waals surface area contributed by atoms with Crippen LogP contribution in [0.25, 0.3) is 6.08 Å². The summed E-state index contributed by atoms with van der Waals surface area (Å²) in [4.78, 5) is 13.6. The fourth-order valence-corrected chi connectivity index (χ4v) is 5.30. The lowest BCUT2D eigenvalue weighted by atomic mass is 9.77. The van der Waals surface area contributed by atoms with Crippen LogP contribution < -0.4 is 0 Å². The van der Waals surface area contributed by atoms with Gasteiger partial charge in [0.1, 0.15) is 0 Å². The van der Waals surface area contributed by atoms with E-state index in [0.717, 1.165) is 45.0 Å². The van der Waals surface area contributed by atoms with Crippen molar-refractivity contribution in [2.75, 3.05) is 0 Å². The molecule has 0 spiro atoms. The molecule has 0 saturated heterocycles. The van der Waals surface area contributed by atoms with Gasteiger partial charge in [-0.1, -0.05) is 67.7 Å². The highest BCUT2D eigenvalue weighted by molar-refractivity contribution is 9.10. The lowest BCUT2D eigenvalue weighted by Gasteiger charge is -2.29. The Morgan fingerprint density at radius 1 is 0.939 bits per heavy atom. The summed E-state index contributed by atoms with van der Waals surface area (Å²) in [5.74, 6) is 0.0577. The first-order chi connectivity index (χ1) is 16.0. The highest BCUT2D eigenvalue weighted by Crippen LogP contribution is 2.45. The van der Waals surface area contributed by atoms with E-state index in [0.29, 0.717) is 10.6 Å². The topological polar surface area (TPSA) is 32.7 Å². The molecule has 1 aliphatic heterocycles. The van der Waals surface area contributed by atoms with Gasteiger partial charge in [0.05, 0.1) is 11.8 Å². The Labute approximate surface area is 215 Å². The number of amides is 1. The molecule has 3 nitrogen and oxygen atoms in total. The number of rotatable bonds is 3. The standard InChI is InChI=1S/C27H21Br2ClN2O/c28-21-10-4-17(5-11-21)16-20-2-1-3-24-25(20)31-32(26(24)18-6-12-22(29)13-7-18)27(33)19-8-14-23(30)15-9-19/h4-16,24,26H,1-3H2/b20-16-/t24-,26+/m1/s1. The van der Waals surface area contributed by atoms with Gasteiger partial charge >= 0.3 is 0 Å². The van der Waals surface area contributed by atoms with Crippen LogP contribution in [0.3, 0.4) is 0 Å². The van der Waals surface area contributed by atoms with Crippen LogP contribution in [0.5, 0.6) is 0 Å². The van der Waals surface area contributed by atoms with Crippen LogP contribution >= 0.6 is 43.5 Å². The SMILES string of the molecule is O=C(c1ccc(Cl)cc1)N1N=C2/C(=C\c3ccc(Br)cc3)CCC[C@H]2[C@@H]1c1ccc(Br)cc1. The molecule has 1 heterocycles. The zero-order valence-electron chi connectivity index (χ0n) is 17.7. The van der Waals surface area contributed by atoms with Crippen LogP contribution in [0.15, 0.2) is 92.4 Å². The third-order valence-corrected chi connectivity index (χ3v) is 7.53. The van der Waals surface area contributed by atoms with Crippen molar-refractivity contribution < 1.29 is 4.79 Å². The van der Waals surface area contributed by atoms with Crippen molar-refractivity contribution in [1.82, 2.24) is 5.01 Å². The van der Waals surface area contributed by atoms with Gasteiger partial charge in [-0.15, -0.1) is 0 Å². The monoisotopic (exact) mass is 582 g/mol. The number of hydrazone groups is 1. The number of hydrogen-bond donors (Lipinski definition) is 0. The van der Waals surface area contributed by atoms with Crippen molar-refractivity contribution in [3.05, 3.63) is 109 Å². The molecule has 0 N–H and O–H groups in total. The van der Waals surface area contributed by atoms with E-state index < -0.39 is 0 Å². The van der Waals surface area contributed by atoms with Crippen molar-refractivity contribution in [2.24, 2.45) is 11.0 Å². The highest BCUT2D eigenvalue weighted by Gasteiger charge is 2.43. The van der Waals surface area contributed by atoms with E-state index in [2.05, 4.69) is 62.2 Å². The number of halogens is 3. The van der Waals surface area contributed by atoms with E-state index >= 15 is 0 Å². The minimum atomic E-state index is -0.134. The van der Waals surface area contributed by atoms with E-state index in [9.17, 15) is 4.79 Å². The van der Waals surface area contributed by atoms with Crippen molar-refractivity contribution in [3.63, 3.8) is 0 Å². The number of carbonyl (C=O) groups excluding carboxylic acids is 1. The quantitative estimate of drug-likeness (QED) is 0.305. The smallest absolute Gasteiger partial charge is 0.267 e. The van der Waals surface area contributed by atoms with Crippen LogP contribution in [-0.2, 0) is 0 Å². The first-order valence-corrected chi connectivity index (χ1v) is 12.9. The average molecular weight is 585 g/mol. The fourth-order valence-electron chi connectivity index (χ4n) is 4.65. The maximum atomic E-state index is 13.6. The molecule has 0 aromatic heterocycles. The van der Waals surface area contributed by atoms with E-state index in [1.807, 2.05) is 24.3 Å². The maximum absolute atomic E-state index is 13.6. The molecule has 33 heavy (non-hydrogen) atoms. The minimum absolute atomic E-state index is 0.107. The predicted molar refractivity (Wildman–Crippen MR) is 141 cm³/mol. The Balaban J connectivity index is 1.57. The van der Waals surface area contributed by atoms with Gasteiger partial charge in [0.15, 0.2) is 0 Å². The molecule has 5 rings (SSSR count). The summed E-state index contributed by atoms with van der Waals surface area (Å²) < 4.78 is 2.07. The van der Waals surface area contributed by atoms with Gasteiger partial charge in [-0.05, 0) is 90.6 Å². The molecule has 1 saturated carbocycles. The largest absolute Gasteiger partial charge is 0.274 e. The molecule has 0 unspecified atom stereocenters. The third kappa shape index (κ3) is 4.72. The number of carbonyl (C=O) groups is 1. The minimum Gasteiger partial charge on any atom is -0.267 e. The molecule has 1 aliphatic carbocycles. The maximum Gasteiger partial charge on any atom is 0.274 e.